The van der Waals surface area contributed by atoms with Gasteiger partial charge in [-0.2, -0.15) is 4.98 Å². The van der Waals surface area contributed by atoms with Crippen LogP contribution in [-0.2, 0) is 16.1 Å². The Hall–Kier alpha value is -4.27. The van der Waals surface area contributed by atoms with Crippen LogP contribution in [0.5, 0.6) is 5.75 Å². The Morgan fingerprint density at radius 1 is 1.06 bits per heavy atom. The van der Waals surface area contributed by atoms with E-state index >= 15 is 0 Å². The highest BCUT2D eigenvalue weighted by molar-refractivity contribution is 6.02. The fourth-order valence-electron chi connectivity index (χ4n) is 2.85. The van der Waals surface area contributed by atoms with Crippen molar-refractivity contribution < 1.29 is 23.6 Å². The molecule has 0 saturated heterocycles. The van der Waals surface area contributed by atoms with Gasteiger partial charge in [-0.3, -0.25) is 9.78 Å². The van der Waals surface area contributed by atoms with Crippen LogP contribution in [0.3, 0.4) is 0 Å². The van der Waals surface area contributed by atoms with E-state index in [9.17, 15) is 9.59 Å². The van der Waals surface area contributed by atoms with Crippen LogP contribution in [0.1, 0.15) is 22.1 Å². The number of hydrogen-bond acceptors (Lipinski definition) is 8. The van der Waals surface area contributed by atoms with Gasteiger partial charge in [-0.1, -0.05) is 11.2 Å². The summed E-state index contributed by atoms with van der Waals surface area (Å²) in [5.41, 5.74) is 1.66. The molecule has 0 spiro atoms. The summed E-state index contributed by atoms with van der Waals surface area (Å²) in [6.45, 7) is 1.42. The van der Waals surface area contributed by atoms with Crippen LogP contribution < -0.4 is 10.1 Å². The third-order valence-corrected chi connectivity index (χ3v) is 4.28. The van der Waals surface area contributed by atoms with E-state index in [2.05, 4.69) is 20.4 Å². The number of aromatic nitrogens is 3. The van der Waals surface area contributed by atoms with Crippen molar-refractivity contribution in [2.45, 2.75) is 13.5 Å². The fourth-order valence-corrected chi connectivity index (χ4v) is 2.85. The molecular formula is C22H18N4O5. The molecule has 1 N–H and O–H groups in total. The molecule has 0 radical (unpaired) electrons. The average Bonchev–Trinajstić information content (AvgIpc) is 3.22. The number of pyridine rings is 1. The number of fused-ring (bicyclic) bond motifs is 1. The minimum Gasteiger partial charge on any atom is -0.485 e. The van der Waals surface area contributed by atoms with Crippen molar-refractivity contribution in [1.82, 2.24) is 15.1 Å². The third kappa shape index (κ3) is 5.02. The van der Waals surface area contributed by atoms with Gasteiger partial charge in [0.1, 0.15) is 5.75 Å². The van der Waals surface area contributed by atoms with Gasteiger partial charge in [0.2, 0.25) is 11.7 Å². The highest BCUT2D eigenvalue weighted by atomic mass is 16.5. The molecule has 0 saturated carbocycles. The molecule has 0 aliphatic carbocycles. The minimum atomic E-state index is -0.616. The van der Waals surface area contributed by atoms with Crippen molar-refractivity contribution >= 4 is 28.5 Å². The van der Waals surface area contributed by atoms with Crippen molar-refractivity contribution in [3.63, 3.8) is 0 Å². The number of rotatable bonds is 7. The quantitative estimate of drug-likeness (QED) is 0.455. The number of nitrogens with zero attached hydrogens (tertiary/aromatic N) is 3. The highest BCUT2D eigenvalue weighted by Gasteiger charge is 2.12. The van der Waals surface area contributed by atoms with Crippen LogP contribution in [0.15, 0.2) is 65.3 Å². The smallest absolute Gasteiger partial charge is 0.338 e. The second kappa shape index (κ2) is 9.04. The molecule has 0 aliphatic rings. The van der Waals surface area contributed by atoms with E-state index in [-0.39, 0.29) is 6.61 Å². The molecule has 2 heterocycles. The first kappa shape index (κ1) is 20.0. The first-order valence-corrected chi connectivity index (χ1v) is 9.41. The number of benzene rings is 2. The standard InChI is InChI=1S/C22H18N4O5/c1-14-24-20(26-31-14)12-29-16-9-7-15(8-10-16)22(28)30-13-21(27)25-19-6-2-5-18-17(19)4-3-11-23-18/h2-11H,12-13H2,1H3,(H,25,27). The number of amides is 1. The number of anilines is 1. The van der Waals surface area contributed by atoms with Crippen LogP contribution in [0.2, 0.25) is 0 Å². The van der Waals surface area contributed by atoms with Crippen LogP contribution in [0.25, 0.3) is 10.9 Å². The molecule has 2 aromatic carbocycles. The Morgan fingerprint density at radius 3 is 2.68 bits per heavy atom. The van der Waals surface area contributed by atoms with E-state index in [0.29, 0.717) is 28.7 Å². The number of ether oxygens (including phenoxy) is 2. The highest BCUT2D eigenvalue weighted by Crippen LogP contribution is 2.21. The lowest BCUT2D eigenvalue weighted by atomic mass is 10.2. The first-order chi connectivity index (χ1) is 15.1. The van der Waals surface area contributed by atoms with Gasteiger partial charge >= 0.3 is 5.97 Å². The lowest BCUT2D eigenvalue weighted by Gasteiger charge is -2.09. The zero-order chi connectivity index (χ0) is 21.6. The molecule has 1 amide bonds. The van der Waals surface area contributed by atoms with Crippen LogP contribution in [0.4, 0.5) is 5.69 Å². The van der Waals surface area contributed by atoms with E-state index < -0.39 is 18.5 Å². The summed E-state index contributed by atoms with van der Waals surface area (Å²) in [6, 6.07) is 15.4. The number of hydrogen-bond donors (Lipinski definition) is 1. The molecule has 4 aromatic rings. The van der Waals surface area contributed by atoms with Crippen molar-refractivity contribution in [2.24, 2.45) is 0 Å². The summed E-state index contributed by atoms with van der Waals surface area (Å²) < 4.78 is 15.5. The molecule has 0 fully saturated rings. The molecule has 0 atom stereocenters. The number of aryl methyl sites for hydroxylation is 1. The molecule has 156 valence electrons. The van der Waals surface area contributed by atoms with E-state index in [1.165, 1.54) is 0 Å². The summed E-state index contributed by atoms with van der Waals surface area (Å²) in [6.07, 6.45) is 1.68. The van der Waals surface area contributed by atoms with Gasteiger partial charge in [-0.15, -0.1) is 0 Å². The van der Waals surface area contributed by atoms with Crippen molar-refractivity contribution in [1.29, 1.82) is 0 Å². The predicted octanol–water partition coefficient (Wildman–Crippen LogP) is 3.30. The predicted molar refractivity (Wildman–Crippen MR) is 110 cm³/mol. The van der Waals surface area contributed by atoms with Crippen LogP contribution in [-0.4, -0.2) is 33.6 Å². The molecule has 0 unspecified atom stereocenters. The second-order valence-electron chi connectivity index (χ2n) is 6.54. The van der Waals surface area contributed by atoms with Crippen LogP contribution >= 0.6 is 0 Å². The number of esters is 1. The zero-order valence-corrected chi connectivity index (χ0v) is 16.6. The number of carbonyl (C=O) groups is 2. The maximum atomic E-state index is 12.2. The van der Waals surface area contributed by atoms with Crippen molar-refractivity contribution in [3.8, 4) is 5.75 Å². The molecule has 0 bridgehead atoms. The first-order valence-electron chi connectivity index (χ1n) is 9.41. The molecule has 9 heteroatoms. The molecular weight excluding hydrogens is 400 g/mol. The number of nitrogens with one attached hydrogen (secondary N) is 1. The molecule has 31 heavy (non-hydrogen) atoms. The zero-order valence-electron chi connectivity index (χ0n) is 16.6. The van der Waals surface area contributed by atoms with Gasteiger partial charge in [0.25, 0.3) is 5.91 Å². The maximum Gasteiger partial charge on any atom is 0.338 e. The van der Waals surface area contributed by atoms with Crippen LogP contribution in [0, 0.1) is 6.92 Å². The van der Waals surface area contributed by atoms with E-state index in [0.717, 1.165) is 10.9 Å². The van der Waals surface area contributed by atoms with E-state index in [4.69, 9.17) is 14.0 Å². The summed E-state index contributed by atoms with van der Waals surface area (Å²) in [5, 5.41) is 7.28. The third-order valence-electron chi connectivity index (χ3n) is 4.28. The average molecular weight is 418 g/mol. The van der Waals surface area contributed by atoms with Gasteiger partial charge < -0.3 is 19.3 Å². The normalized spacial score (nSPS) is 10.6. The lowest BCUT2D eigenvalue weighted by Crippen LogP contribution is -2.21. The summed E-state index contributed by atoms with van der Waals surface area (Å²) in [4.78, 5) is 32.7. The Kier molecular flexibility index (Phi) is 5.84. The molecule has 4 rings (SSSR count). The molecule has 9 nitrogen and oxygen atoms in total. The largest absolute Gasteiger partial charge is 0.485 e. The van der Waals surface area contributed by atoms with Gasteiger partial charge in [0, 0.05) is 18.5 Å². The van der Waals surface area contributed by atoms with Gasteiger partial charge in [-0.25, -0.2) is 4.79 Å². The monoisotopic (exact) mass is 418 g/mol. The minimum absolute atomic E-state index is 0.144. The van der Waals surface area contributed by atoms with Gasteiger partial charge in [0.15, 0.2) is 13.2 Å². The second-order valence-corrected chi connectivity index (χ2v) is 6.54. The Bertz CT molecular complexity index is 1210. The number of carbonyl (C=O) groups excluding carboxylic acids is 2. The maximum absolute atomic E-state index is 12.2. The van der Waals surface area contributed by atoms with Gasteiger partial charge in [-0.05, 0) is 48.5 Å². The lowest BCUT2D eigenvalue weighted by molar-refractivity contribution is -0.119. The van der Waals surface area contributed by atoms with E-state index in [1.54, 1.807) is 55.6 Å². The van der Waals surface area contributed by atoms with Gasteiger partial charge in [0.05, 0.1) is 16.8 Å². The Labute approximate surface area is 177 Å². The molecule has 0 aliphatic heterocycles. The summed E-state index contributed by atoms with van der Waals surface area (Å²) >= 11 is 0. The van der Waals surface area contributed by atoms with Crippen molar-refractivity contribution in [2.75, 3.05) is 11.9 Å². The Balaban J connectivity index is 1.29. The Morgan fingerprint density at radius 2 is 1.90 bits per heavy atom. The summed E-state index contributed by atoms with van der Waals surface area (Å²) in [5.74, 6) is 0.350. The SMILES string of the molecule is Cc1nc(COc2ccc(C(=O)OCC(=O)Nc3cccc4ncccc34)cc2)no1. The fraction of sp³-hybridized carbons (Fsp3) is 0.136. The molecule has 2 aromatic heterocycles. The summed E-state index contributed by atoms with van der Waals surface area (Å²) in [7, 11) is 0. The van der Waals surface area contributed by atoms with E-state index in [1.807, 2.05) is 12.1 Å². The topological polar surface area (TPSA) is 116 Å². The van der Waals surface area contributed by atoms with Crippen molar-refractivity contribution in [3.05, 3.63) is 78.1 Å².